The van der Waals surface area contributed by atoms with Gasteiger partial charge in [0.2, 0.25) is 0 Å². The highest BCUT2D eigenvalue weighted by molar-refractivity contribution is 9.10. The van der Waals surface area contributed by atoms with E-state index in [1.54, 1.807) is 0 Å². The number of nitrogens with zero attached hydrogens (tertiary/aromatic N) is 1. The summed E-state index contributed by atoms with van der Waals surface area (Å²) in [6.45, 7) is 2.10. The molecule has 0 fully saturated rings. The Labute approximate surface area is 132 Å². The average Bonchev–Trinajstić information content (AvgIpc) is 2.81. The van der Waals surface area contributed by atoms with Gasteiger partial charge >= 0.3 is 0 Å². The number of hydrogen-bond donors (Lipinski definition) is 0. The molecule has 0 aliphatic carbocycles. The van der Waals surface area contributed by atoms with Gasteiger partial charge < -0.3 is 4.57 Å². The Morgan fingerprint density at radius 1 is 0.950 bits per heavy atom. The highest BCUT2D eigenvalue weighted by Crippen LogP contribution is 2.28. The van der Waals surface area contributed by atoms with E-state index >= 15 is 0 Å². The third-order valence-corrected chi connectivity index (χ3v) is 4.05. The van der Waals surface area contributed by atoms with Crippen LogP contribution in [0.15, 0.2) is 65.1 Å². The van der Waals surface area contributed by atoms with E-state index in [-0.39, 0.29) is 0 Å². The van der Waals surface area contributed by atoms with E-state index in [2.05, 4.69) is 69.9 Å². The predicted molar refractivity (Wildman–Crippen MR) is 88.7 cm³/mol. The van der Waals surface area contributed by atoms with Crippen LogP contribution in [0.3, 0.4) is 0 Å². The fourth-order valence-corrected chi connectivity index (χ4v) is 2.79. The summed E-state index contributed by atoms with van der Waals surface area (Å²) >= 11 is 9.59. The van der Waals surface area contributed by atoms with Gasteiger partial charge in [0.15, 0.2) is 0 Å². The van der Waals surface area contributed by atoms with Crippen molar-refractivity contribution >= 4 is 27.5 Å². The highest BCUT2D eigenvalue weighted by atomic mass is 79.9. The fraction of sp³-hybridized carbons (Fsp3) is 0.0588. The van der Waals surface area contributed by atoms with Gasteiger partial charge in [-0.2, -0.15) is 0 Å². The summed E-state index contributed by atoms with van der Waals surface area (Å²) in [5.41, 5.74) is 4.61. The fourth-order valence-electron chi connectivity index (χ4n) is 2.34. The van der Waals surface area contributed by atoms with Gasteiger partial charge in [0.25, 0.3) is 0 Å². The van der Waals surface area contributed by atoms with Crippen LogP contribution in [0.2, 0.25) is 5.02 Å². The minimum atomic E-state index is 0.748. The number of aryl methyl sites for hydroxylation is 1. The van der Waals surface area contributed by atoms with Gasteiger partial charge in [-0.25, -0.2) is 0 Å². The van der Waals surface area contributed by atoms with Crippen LogP contribution in [0.1, 0.15) is 5.69 Å². The van der Waals surface area contributed by atoms with E-state index in [0.717, 1.165) is 20.9 Å². The lowest BCUT2D eigenvalue weighted by Crippen LogP contribution is -1.98. The summed E-state index contributed by atoms with van der Waals surface area (Å²) < 4.78 is 3.30. The number of rotatable bonds is 2. The van der Waals surface area contributed by atoms with E-state index in [1.165, 1.54) is 11.3 Å². The monoisotopic (exact) mass is 345 g/mol. The molecule has 2 aromatic carbocycles. The molecule has 0 radical (unpaired) electrons. The van der Waals surface area contributed by atoms with Crippen LogP contribution in [-0.4, -0.2) is 4.57 Å². The lowest BCUT2D eigenvalue weighted by Gasteiger charge is -2.12. The quantitative estimate of drug-likeness (QED) is 0.547. The zero-order valence-electron chi connectivity index (χ0n) is 11.0. The van der Waals surface area contributed by atoms with Crippen LogP contribution in [0, 0.1) is 6.92 Å². The van der Waals surface area contributed by atoms with Crippen molar-refractivity contribution in [3.8, 4) is 16.9 Å². The lowest BCUT2D eigenvalue weighted by atomic mass is 10.1. The number of hydrogen-bond acceptors (Lipinski definition) is 0. The van der Waals surface area contributed by atoms with E-state index in [0.29, 0.717) is 0 Å². The Kier molecular flexibility index (Phi) is 3.68. The van der Waals surface area contributed by atoms with Crippen molar-refractivity contribution in [3.63, 3.8) is 0 Å². The van der Waals surface area contributed by atoms with Gasteiger partial charge in [-0.3, -0.25) is 0 Å². The van der Waals surface area contributed by atoms with Crippen molar-refractivity contribution in [1.29, 1.82) is 0 Å². The molecule has 0 saturated heterocycles. The molecule has 0 aliphatic rings. The summed E-state index contributed by atoms with van der Waals surface area (Å²) in [5, 5.41) is 0.748. The van der Waals surface area contributed by atoms with Crippen molar-refractivity contribution in [2.45, 2.75) is 6.92 Å². The molecule has 0 atom stereocenters. The van der Waals surface area contributed by atoms with Crippen LogP contribution >= 0.6 is 27.5 Å². The molecule has 0 amide bonds. The third kappa shape index (κ3) is 2.54. The van der Waals surface area contributed by atoms with Crippen LogP contribution in [0.5, 0.6) is 0 Å². The largest absolute Gasteiger partial charge is 0.314 e. The first-order chi connectivity index (χ1) is 9.65. The molecule has 3 aromatic rings. The molecule has 0 bridgehead atoms. The molecule has 1 nitrogen and oxygen atoms in total. The van der Waals surface area contributed by atoms with Crippen LogP contribution in [0.25, 0.3) is 16.9 Å². The lowest BCUT2D eigenvalue weighted by molar-refractivity contribution is 1.02. The Morgan fingerprint density at radius 3 is 2.40 bits per heavy atom. The SMILES string of the molecule is Cc1ccc(-c2ccc(Br)cc2)n1-c1cccc(Cl)c1. The van der Waals surface area contributed by atoms with Crippen molar-refractivity contribution in [2.75, 3.05) is 0 Å². The zero-order chi connectivity index (χ0) is 14.1. The summed E-state index contributed by atoms with van der Waals surface area (Å²) in [5.74, 6) is 0. The second kappa shape index (κ2) is 5.47. The van der Waals surface area contributed by atoms with Gasteiger partial charge in [0.05, 0.1) is 5.69 Å². The zero-order valence-corrected chi connectivity index (χ0v) is 13.3. The minimum absolute atomic E-state index is 0.748. The molecule has 3 rings (SSSR count). The van der Waals surface area contributed by atoms with Crippen molar-refractivity contribution in [3.05, 3.63) is 75.9 Å². The summed E-state index contributed by atoms with van der Waals surface area (Å²) in [7, 11) is 0. The first kappa shape index (κ1) is 13.5. The molecule has 0 aliphatic heterocycles. The van der Waals surface area contributed by atoms with Gasteiger partial charge in [-0.05, 0) is 55.0 Å². The van der Waals surface area contributed by atoms with Gasteiger partial charge in [-0.1, -0.05) is 45.7 Å². The van der Waals surface area contributed by atoms with Crippen LogP contribution in [-0.2, 0) is 0 Å². The van der Waals surface area contributed by atoms with Crippen molar-refractivity contribution in [2.24, 2.45) is 0 Å². The molecular formula is C17H13BrClN. The Balaban J connectivity index is 2.17. The van der Waals surface area contributed by atoms with E-state index in [4.69, 9.17) is 11.6 Å². The normalized spacial score (nSPS) is 10.8. The maximum Gasteiger partial charge on any atom is 0.0531 e. The topological polar surface area (TPSA) is 4.93 Å². The molecule has 0 saturated carbocycles. The average molecular weight is 347 g/mol. The second-order valence-corrected chi connectivity index (χ2v) is 6.03. The molecule has 100 valence electrons. The predicted octanol–water partition coefficient (Wildman–Crippen LogP) is 5.87. The van der Waals surface area contributed by atoms with Crippen molar-refractivity contribution < 1.29 is 0 Å². The number of aromatic nitrogens is 1. The first-order valence-electron chi connectivity index (χ1n) is 6.35. The molecular weight excluding hydrogens is 334 g/mol. The van der Waals surface area contributed by atoms with E-state index < -0.39 is 0 Å². The molecule has 0 N–H and O–H groups in total. The van der Waals surface area contributed by atoms with Crippen LogP contribution < -0.4 is 0 Å². The molecule has 0 unspecified atom stereocenters. The molecule has 0 spiro atoms. The maximum atomic E-state index is 6.11. The Hall–Kier alpha value is -1.51. The minimum Gasteiger partial charge on any atom is -0.314 e. The molecule has 3 heteroatoms. The van der Waals surface area contributed by atoms with E-state index in [1.807, 2.05) is 18.2 Å². The van der Waals surface area contributed by atoms with Crippen molar-refractivity contribution in [1.82, 2.24) is 4.57 Å². The smallest absolute Gasteiger partial charge is 0.0531 e. The molecule has 20 heavy (non-hydrogen) atoms. The number of halogens is 2. The third-order valence-electron chi connectivity index (χ3n) is 3.28. The first-order valence-corrected chi connectivity index (χ1v) is 7.52. The van der Waals surface area contributed by atoms with Gasteiger partial charge in [-0.15, -0.1) is 0 Å². The summed E-state index contributed by atoms with van der Waals surface area (Å²) in [4.78, 5) is 0. The second-order valence-electron chi connectivity index (χ2n) is 4.68. The molecule has 1 aromatic heterocycles. The van der Waals surface area contributed by atoms with Gasteiger partial charge in [0, 0.05) is 20.9 Å². The maximum absolute atomic E-state index is 6.11. The number of benzene rings is 2. The Morgan fingerprint density at radius 2 is 1.70 bits per heavy atom. The highest BCUT2D eigenvalue weighted by Gasteiger charge is 2.09. The van der Waals surface area contributed by atoms with Crippen LogP contribution in [0.4, 0.5) is 0 Å². The molecule has 1 heterocycles. The standard InChI is InChI=1S/C17H13BrClN/c1-12-5-10-17(13-6-8-14(18)9-7-13)20(12)16-4-2-3-15(19)11-16/h2-11H,1H3. The summed E-state index contributed by atoms with van der Waals surface area (Å²) in [6.07, 6.45) is 0. The summed E-state index contributed by atoms with van der Waals surface area (Å²) in [6, 6.07) is 20.5. The van der Waals surface area contributed by atoms with Gasteiger partial charge in [0.1, 0.15) is 0 Å². The Bertz CT molecular complexity index is 744. The van der Waals surface area contributed by atoms with E-state index in [9.17, 15) is 0 Å².